The van der Waals surface area contributed by atoms with Gasteiger partial charge in [-0.25, -0.2) is 4.98 Å². The second-order valence-electron chi connectivity index (χ2n) is 3.94. The van der Waals surface area contributed by atoms with Gasteiger partial charge in [0.25, 0.3) is 0 Å². The number of Topliss-reactive ketones (excluding diaryl/α,β-unsaturated/α-hetero) is 1. The lowest BCUT2D eigenvalue weighted by atomic mass is 10.1. The Hall–Kier alpha value is -1.68. The molecule has 0 saturated heterocycles. The van der Waals surface area contributed by atoms with Crippen molar-refractivity contribution in [3.63, 3.8) is 0 Å². The van der Waals surface area contributed by atoms with E-state index < -0.39 is 0 Å². The summed E-state index contributed by atoms with van der Waals surface area (Å²) < 4.78 is 5.69. The number of aryl methyl sites for hydroxylation is 1. The molecule has 2 aromatic rings. The minimum absolute atomic E-state index is 0.0981. The number of benzene rings is 1. The third kappa shape index (κ3) is 2.96. The maximum absolute atomic E-state index is 11.8. The number of carbonyl (C=O) groups excluding carboxylic acids is 1. The van der Waals surface area contributed by atoms with E-state index in [1.165, 1.54) is 0 Å². The minimum atomic E-state index is 0.0981. The fraction of sp³-hybridized carbons (Fsp3) is 0.286. The van der Waals surface area contributed by atoms with E-state index in [0.717, 1.165) is 10.7 Å². The van der Waals surface area contributed by atoms with Crippen molar-refractivity contribution in [2.75, 3.05) is 0 Å². The van der Waals surface area contributed by atoms with E-state index in [-0.39, 0.29) is 5.78 Å². The van der Waals surface area contributed by atoms with Gasteiger partial charge < -0.3 is 4.74 Å². The van der Waals surface area contributed by atoms with Crippen molar-refractivity contribution in [3.8, 4) is 5.75 Å². The van der Waals surface area contributed by atoms with E-state index in [0.29, 0.717) is 24.3 Å². The molecule has 0 spiro atoms. The van der Waals surface area contributed by atoms with Gasteiger partial charge in [0, 0.05) is 17.5 Å². The van der Waals surface area contributed by atoms with Crippen molar-refractivity contribution in [1.82, 2.24) is 4.98 Å². The molecular weight excluding hydrogens is 246 g/mol. The van der Waals surface area contributed by atoms with Crippen LogP contribution in [0.3, 0.4) is 0 Å². The van der Waals surface area contributed by atoms with E-state index in [9.17, 15) is 4.79 Å². The highest BCUT2D eigenvalue weighted by Gasteiger charge is 2.10. The Labute approximate surface area is 110 Å². The van der Waals surface area contributed by atoms with Crippen molar-refractivity contribution >= 4 is 17.1 Å². The van der Waals surface area contributed by atoms with Crippen molar-refractivity contribution < 1.29 is 9.53 Å². The smallest absolute Gasteiger partial charge is 0.166 e. The van der Waals surface area contributed by atoms with Gasteiger partial charge in [0.05, 0.1) is 5.56 Å². The number of aromatic nitrogens is 1. The van der Waals surface area contributed by atoms with Crippen LogP contribution in [0.5, 0.6) is 5.75 Å². The van der Waals surface area contributed by atoms with E-state index in [1.807, 2.05) is 37.4 Å². The van der Waals surface area contributed by atoms with Gasteiger partial charge >= 0.3 is 0 Å². The molecule has 4 heteroatoms. The van der Waals surface area contributed by atoms with Crippen LogP contribution >= 0.6 is 11.3 Å². The lowest BCUT2D eigenvalue weighted by Crippen LogP contribution is -2.03. The summed E-state index contributed by atoms with van der Waals surface area (Å²) in [5.74, 6) is 0.734. The highest BCUT2D eigenvalue weighted by Crippen LogP contribution is 2.21. The quantitative estimate of drug-likeness (QED) is 0.772. The van der Waals surface area contributed by atoms with Gasteiger partial charge in [0.15, 0.2) is 5.78 Å². The van der Waals surface area contributed by atoms with E-state index in [2.05, 4.69) is 4.98 Å². The first-order valence-corrected chi connectivity index (χ1v) is 6.74. The van der Waals surface area contributed by atoms with Gasteiger partial charge in [-0.2, -0.15) is 0 Å². The van der Waals surface area contributed by atoms with Gasteiger partial charge in [0.2, 0.25) is 0 Å². The lowest BCUT2D eigenvalue weighted by Gasteiger charge is -2.08. The minimum Gasteiger partial charge on any atom is -0.486 e. The number of ether oxygens (including phenoxy) is 1. The molecule has 0 N–H and O–H groups in total. The number of para-hydroxylation sites is 1. The van der Waals surface area contributed by atoms with Gasteiger partial charge in [-0.05, 0) is 19.1 Å². The molecule has 0 unspecified atom stereocenters. The predicted molar refractivity (Wildman–Crippen MR) is 72.2 cm³/mol. The fourth-order valence-corrected chi connectivity index (χ4v) is 2.30. The lowest BCUT2D eigenvalue weighted by molar-refractivity contribution is 0.0983. The van der Waals surface area contributed by atoms with Crippen LogP contribution in [0.2, 0.25) is 0 Å². The molecule has 1 heterocycles. The molecule has 0 aliphatic carbocycles. The van der Waals surface area contributed by atoms with Crippen LogP contribution in [0.4, 0.5) is 0 Å². The van der Waals surface area contributed by atoms with Crippen molar-refractivity contribution in [1.29, 1.82) is 0 Å². The van der Waals surface area contributed by atoms with Crippen LogP contribution in [0, 0.1) is 6.92 Å². The Morgan fingerprint density at radius 2 is 2.17 bits per heavy atom. The summed E-state index contributed by atoms with van der Waals surface area (Å²) in [6, 6.07) is 7.34. The molecule has 18 heavy (non-hydrogen) atoms. The molecule has 0 amide bonds. The monoisotopic (exact) mass is 261 g/mol. The van der Waals surface area contributed by atoms with Crippen LogP contribution < -0.4 is 4.74 Å². The first kappa shape index (κ1) is 12.8. The van der Waals surface area contributed by atoms with E-state index in [1.54, 1.807) is 17.4 Å². The van der Waals surface area contributed by atoms with Gasteiger partial charge in [-0.1, -0.05) is 19.1 Å². The Balaban J connectivity index is 2.11. The van der Waals surface area contributed by atoms with Crippen LogP contribution in [0.1, 0.15) is 34.4 Å². The van der Waals surface area contributed by atoms with E-state index >= 15 is 0 Å². The molecule has 0 aliphatic rings. The summed E-state index contributed by atoms with van der Waals surface area (Å²) in [4.78, 5) is 16.1. The normalized spacial score (nSPS) is 10.3. The number of hydrogen-bond acceptors (Lipinski definition) is 4. The van der Waals surface area contributed by atoms with Crippen molar-refractivity contribution in [2.45, 2.75) is 26.9 Å². The maximum atomic E-state index is 11.8. The number of hydrogen-bond donors (Lipinski definition) is 0. The molecule has 2 rings (SSSR count). The van der Waals surface area contributed by atoms with Crippen LogP contribution in [0.15, 0.2) is 29.6 Å². The summed E-state index contributed by atoms with van der Waals surface area (Å²) >= 11 is 1.57. The first-order chi connectivity index (χ1) is 8.70. The highest BCUT2D eigenvalue weighted by atomic mass is 32.1. The van der Waals surface area contributed by atoms with Crippen LogP contribution in [0.25, 0.3) is 0 Å². The fourth-order valence-electron chi connectivity index (χ4n) is 1.62. The zero-order chi connectivity index (χ0) is 13.0. The molecule has 1 aromatic heterocycles. The Kier molecular flexibility index (Phi) is 4.10. The standard InChI is InChI=1S/C14H15NO2S/c1-3-12(16)11-6-4-5-7-13(11)17-8-14-15-10(2)9-18-14/h4-7,9H,3,8H2,1-2H3. The molecule has 0 atom stereocenters. The number of ketones is 1. The molecule has 0 fully saturated rings. The van der Waals surface area contributed by atoms with Crippen LogP contribution in [-0.2, 0) is 6.61 Å². The average molecular weight is 261 g/mol. The van der Waals surface area contributed by atoms with E-state index in [4.69, 9.17) is 4.74 Å². The summed E-state index contributed by atoms with van der Waals surface area (Å²) in [6.45, 7) is 4.21. The third-order valence-electron chi connectivity index (χ3n) is 2.53. The topological polar surface area (TPSA) is 39.2 Å². The molecule has 0 bridgehead atoms. The van der Waals surface area contributed by atoms with Crippen LogP contribution in [-0.4, -0.2) is 10.8 Å². The van der Waals surface area contributed by atoms with Gasteiger partial charge in [0.1, 0.15) is 17.4 Å². The molecule has 1 aromatic carbocycles. The average Bonchev–Trinajstić information content (AvgIpc) is 2.81. The summed E-state index contributed by atoms with van der Waals surface area (Å²) in [7, 11) is 0. The first-order valence-electron chi connectivity index (χ1n) is 5.86. The SMILES string of the molecule is CCC(=O)c1ccccc1OCc1nc(C)cs1. The van der Waals surface area contributed by atoms with Gasteiger partial charge in [-0.3, -0.25) is 4.79 Å². The Bertz CT molecular complexity index is 548. The molecular formula is C14H15NO2S. The Morgan fingerprint density at radius 3 is 2.83 bits per heavy atom. The number of carbonyl (C=O) groups is 1. The molecule has 0 saturated carbocycles. The Morgan fingerprint density at radius 1 is 1.39 bits per heavy atom. The number of rotatable bonds is 5. The maximum Gasteiger partial charge on any atom is 0.166 e. The van der Waals surface area contributed by atoms with Crippen molar-refractivity contribution in [2.24, 2.45) is 0 Å². The van der Waals surface area contributed by atoms with Gasteiger partial charge in [-0.15, -0.1) is 11.3 Å². The highest BCUT2D eigenvalue weighted by molar-refractivity contribution is 7.09. The molecule has 0 radical (unpaired) electrons. The molecule has 0 aliphatic heterocycles. The second-order valence-corrected chi connectivity index (χ2v) is 4.89. The third-order valence-corrected chi connectivity index (χ3v) is 3.47. The number of thiazole rings is 1. The zero-order valence-corrected chi connectivity index (χ0v) is 11.3. The molecule has 94 valence electrons. The summed E-state index contributed by atoms with van der Waals surface area (Å²) in [5, 5.41) is 2.91. The summed E-state index contributed by atoms with van der Waals surface area (Å²) in [5.41, 5.74) is 1.64. The summed E-state index contributed by atoms with van der Waals surface area (Å²) in [6.07, 6.45) is 0.483. The largest absolute Gasteiger partial charge is 0.486 e. The zero-order valence-electron chi connectivity index (χ0n) is 10.5. The second kappa shape index (κ2) is 5.78. The van der Waals surface area contributed by atoms with Crippen molar-refractivity contribution in [3.05, 3.63) is 45.9 Å². The number of nitrogens with zero attached hydrogens (tertiary/aromatic N) is 1. The predicted octanol–water partition coefficient (Wildman–Crippen LogP) is 3.62. The molecule has 3 nitrogen and oxygen atoms in total.